The molecule has 17 aromatic rings. The van der Waals surface area contributed by atoms with Gasteiger partial charge in [0, 0.05) is 52.7 Å². The van der Waals surface area contributed by atoms with Crippen LogP contribution in [-0.4, -0.2) is 75.6 Å². The molecular formula is C128H145BrN6O5P4PdSn2. The van der Waals surface area contributed by atoms with Gasteiger partial charge in [-0.25, -0.2) is 0 Å². The first kappa shape index (κ1) is 118. The molecule has 2 aromatic heterocycles. The summed E-state index contributed by atoms with van der Waals surface area (Å²) in [4.78, 5) is 13.9. The van der Waals surface area contributed by atoms with Crippen molar-refractivity contribution in [1.82, 2.24) is 0 Å². The first-order chi connectivity index (χ1) is 71.7. The summed E-state index contributed by atoms with van der Waals surface area (Å²) in [6, 6.07) is 161. The third-order valence-electron chi connectivity index (χ3n) is 25.1. The quantitative estimate of drug-likeness (QED) is 0.0112. The van der Waals surface area contributed by atoms with E-state index in [1.165, 1.54) is 189 Å². The Balaban J connectivity index is 0.000000178. The Morgan fingerprint density at radius 3 is 0.551 bits per heavy atom. The van der Waals surface area contributed by atoms with Gasteiger partial charge in [0.25, 0.3) is 0 Å². The molecule has 11 nitrogen and oxygen atoms in total. The third-order valence-corrected chi connectivity index (χ3v) is 65.4. The van der Waals surface area contributed by atoms with Crippen molar-refractivity contribution in [2.75, 3.05) is 21.3 Å². The molecule has 0 spiro atoms. The first-order valence-electron chi connectivity index (χ1n) is 51.3. The zero-order chi connectivity index (χ0) is 103. The van der Waals surface area contributed by atoms with Gasteiger partial charge in [0.05, 0.1) is 0 Å². The van der Waals surface area contributed by atoms with Gasteiger partial charge in [-0.2, -0.15) is 0 Å². The number of nitrogens with zero attached hydrogens (tertiary/aromatic N) is 3. The van der Waals surface area contributed by atoms with Crippen LogP contribution >= 0.6 is 47.6 Å². The molecular weight excluding hydrogens is 2250 g/mol. The van der Waals surface area contributed by atoms with Crippen LogP contribution in [0.5, 0.6) is 0 Å². The molecule has 0 atom stereocenters. The zero-order valence-corrected chi connectivity index (χ0v) is 99.1. The van der Waals surface area contributed by atoms with Crippen LogP contribution in [0.4, 0.5) is 0 Å². The molecule has 19 heteroatoms. The number of furan rings is 2. The molecule has 0 saturated heterocycles. The van der Waals surface area contributed by atoms with Crippen LogP contribution < -0.4 is 88.4 Å². The number of rotatable bonds is 40. The summed E-state index contributed by atoms with van der Waals surface area (Å²) in [7, 11) is 2.59. The number of hydrogen-bond donors (Lipinski definition) is 3. The van der Waals surface area contributed by atoms with E-state index in [1.807, 2.05) is 84.9 Å². The van der Waals surface area contributed by atoms with E-state index in [-0.39, 0.29) is 20.4 Å². The Morgan fingerprint density at radius 2 is 0.395 bits per heavy atom. The van der Waals surface area contributed by atoms with Crippen molar-refractivity contribution in [2.45, 2.75) is 145 Å². The molecule has 0 unspecified atom stereocenters. The molecule has 0 aliphatic rings. The molecule has 0 amide bonds. The second-order valence-electron chi connectivity index (χ2n) is 35.5. The molecule has 147 heavy (non-hydrogen) atoms. The molecule has 0 saturated carbocycles. The maximum Gasteiger partial charge on any atom is 0.170 e. The second kappa shape index (κ2) is 67.3. The molecule has 15 aromatic carbocycles. The number of benzene rings is 15. The summed E-state index contributed by atoms with van der Waals surface area (Å²) in [6.07, 6.45) is 16.6. The van der Waals surface area contributed by atoms with Gasteiger partial charge in [-0.15, -0.1) is 0 Å². The van der Waals surface area contributed by atoms with Crippen molar-refractivity contribution in [3.8, 4) is 22.6 Å². The fraction of sp³-hybridized carbons (Fsp3) is 0.211. The van der Waals surface area contributed by atoms with Crippen molar-refractivity contribution in [1.29, 1.82) is 0 Å². The van der Waals surface area contributed by atoms with Gasteiger partial charge in [0.15, 0.2) is 17.5 Å². The molecule has 6 N–H and O–H groups in total. The maximum atomic E-state index is 7.18. The summed E-state index contributed by atoms with van der Waals surface area (Å²) in [5, 5.41) is 27.8. The summed E-state index contributed by atoms with van der Waals surface area (Å²) in [5.41, 5.74) is 21.4. The molecule has 2 heterocycles. The molecule has 0 aliphatic heterocycles. The number of oxime groups is 3. The fourth-order valence-corrected chi connectivity index (χ4v) is 58.4. The summed E-state index contributed by atoms with van der Waals surface area (Å²) < 4.78 is 26.5. The second-order valence-corrected chi connectivity index (χ2v) is 71.3. The Labute approximate surface area is 912 Å². The SMILES string of the molecule is CCC[CH2][Sn]([CH2]CCC)([CH2]CCC)[c]1cc[c]([Sn]([CH2]CCC)([CH2]CCC)[CH2]CCC)o1.CO/N=C(\N)c1ccc(-c2ccc(-c3ccc(/C(N)=N/OC)cc3)o2)cc1.CO/N=C(\N)c1ccc(Br)cc1.[Pd].c1ccc(P(c2ccccc2)c2ccccc2)cc1.c1ccc(P(c2ccccc2)c2ccccc2)cc1.c1ccc(P(c2ccccc2)c2ccccc2)cc1.c1ccc(P(c2ccccc2)c2ccccc2)cc1. The number of nitrogens with two attached hydrogens (primary N) is 3. The van der Waals surface area contributed by atoms with Crippen LogP contribution in [0.15, 0.2) is 490 Å². The molecule has 0 fully saturated rings. The van der Waals surface area contributed by atoms with Crippen molar-refractivity contribution in [3.63, 3.8) is 0 Å². The number of halogens is 1. The van der Waals surface area contributed by atoms with Gasteiger partial charge in [-0.1, -0.05) is 456 Å². The number of amidine groups is 3. The average Bonchev–Trinajstić information content (AvgIpc) is 1.65. The maximum absolute atomic E-state index is 7.18. The van der Waals surface area contributed by atoms with Crippen LogP contribution in [0.1, 0.15) is 135 Å². The zero-order valence-electron chi connectivity index (χ0n) is 86.7. The molecule has 0 bridgehead atoms. The fourth-order valence-electron chi connectivity index (χ4n) is 17.5. The van der Waals surface area contributed by atoms with E-state index >= 15 is 0 Å². The van der Waals surface area contributed by atoms with E-state index < -0.39 is 68.4 Å². The normalized spacial score (nSPS) is 11.3. The van der Waals surface area contributed by atoms with Crippen LogP contribution in [0, 0.1) is 0 Å². The standard InChI is InChI=1S/C20H20N4O3.4C18H15P.C8H9BrN2O.C4H2O.6C4H9.Pd.2Sn/c1-25-23-19(21)15-7-3-13(4-8-15)17-11-12-18(27-17)14-5-9-16(10-6-14)20(22)24-26-2;4*1-4-10-16(11-5-1)19(17-12-6-2-7-13-17)18-14-8-3-9-15-18;1-12-11-8(10)6-2-4-7(9)5-3-6;1-2-4-5-3-1;6*1-3-4-2;;;/h3-12H,1-2H3,(H2,21,23)(H2,22,24);4*1-15H;2-5H,1H3,(H2,10,11);1-2H;6*1,3-4H2,2H3;;;. The Kier molecular flexibility index (Phi) is 54.0. The van der Waals surface area contributed by atoms with Crippen LogP contribution in [0.25, 0.3) is 22.6 Å². The van der Waals surface area contributed by atoms with E-state index in [4.69, 9.17) is 26.0 Å². The Hall–Kier alpha value is -10.9. The van der Waals surface area contributed by atoms with E-state index in [1.54, 1.807) is 7.55 Å². The Morgan fingerprint density at radius 1 is 0.231 bits per heavy atom. The molecule has 0 aliphatic carbocycles. The van der Waals surface area contributed by atoms with E-state index in [9.17, 15) is 0 Å². The smallest absolute Gasteiger partial charge is 0.170 e. The summed E-state index contributed by atoms with van der Waals surface area (Å²) >= 11 is -1.57. The summed E-state index contributed by atoms with van der Waals surface area (Å²) in [5.74, 6) is 2.53. The van der Waals surface area contributed by atoms with E-state index in [2.05, 4.69) is 464 Å². The van der Waals surface area contributed by atoms with Gasteiger partial charge in [0.2, 0.25) is 0 Å². The van der Waals surface area contributed by atoms with Gasteiger partial charge in [0.1, 0.15) is 32.8 Å². The topological polar surface area (TPSA) is 169 Å². The van der Waals surface area contributed by atoms with Gasteiger partial charge < -0.3 is 36.1 Å². The van der Waals surface area contributed by atoms with E-state index in [0.29, 0.717) is 17.5 Å². The molecule has 17 rings (SSSR count). The minimum atomic E-state index is -2.45. The number of hydrogen-bond acceptors (Lipinski definition) is 8. The predicted molar refractivity (Wildman–Crippen MR) is 645 cm³/mol. The minimum absolute atomic E-state index is 0. The van der Waals surface area contributed by atoms with Crippen molar-refractivity contribution in [3.05, 3.63) is 482 Å². The van der Waals surface area contributed by atoms with Crippen molar-refractivity contribution in [2.24, 2.45) is 32.7 Å². The Bertz CT molecular complexity index is 5480. The van der Waals surface area contributed by atoms with Gasteiger partial charge >= 0.3 is 206 Å². The van der Waals surface area contributed by atoms with E-state index in [0.717, 1.165) is 43.8 Å². The average molecular weight is 2400 g/mol. The monoisotopic (exact) mass is 2390 g/mol. The summed E-state index contributed by atoms with van der Waals surface area (Å²) in [6.45, 7) is 14.3. The minimum Gasteiger partial charge on any atom is -0.456 e. The predicted octanol–water partition coefficient (Wildman–Crippen LogP) is 28.0. The molecule has 762 valence electrons. The first-order valence-corrected chi connectivity index (χ1v) is 72.4. The van der Waals surface area contributed by atoms with Crippen molar-refractivity contribution >= 4 is 173 Å². The van der Waals surface area contributed by atoms with Crippen LogP contribution in [-0.2, 0) is 34.9 Å². The number of unbranched alkanes of at least 4 members (excludes halogenated alkanes) is 6. The van der Waals surface area contributed by atoms with Crippen LogP contribution in [0.2, 0.25) is 26.6 Å². The van der Waals surface area contributed by atoms with Crippen molar-refractivity contribution < 1.29 is 43.8 Å². The molecule has 0 radical (unpaired) electrons. The van der Waals surface area contributed by atoms with Gasteiger partial charge in [-0.05, 0) is 120 Å². The largest absolute Gasteiger partial charge is 0.456 e. The van der Waals surface area contributed by atoms with Gasteiger partial charge in [-0.3, -0.25) is 0 Å². The third kappa shape index (κ3) is 37.7. The van der Waals surface area contributed by atoms with Crippen LogP contribution in [0.3, 0.4) is 0 Å².